The molecule has 2 rings (SSSR count). The van der Waals surface area contributed by atoms with Gasteiger partial charge in [-0.25, -0.2) is 0 Å². The van der Waals surface area contributed by atoms with Crippen LogP contribution in [0.15, 0.2) is 12.2 Å². The Kier molecular flexibility index (Phi) is 12.5. The van der Waals surface area contributed by atoms with Crippen molar-refractivity contribution in [3.8, 4) is 0 Å². The van der Waals surface area contributed by atoms with Gasteiger partial charge in [-0.3, -0.25) is 14.4 Å². The standard InChI is InChI=1S/C27H46N2O8/c1-27(2,3)14-13-20(30)21(31)22(32)23(36-4)24(33)28-19-12-8-9-15-29(25(19)34)16-17-37-26(35)18-10-6-5-7-11-18/h13-14,18-23,30-32H,5-12,15-17H2,1-4H3,(H,28,33)/b14-13+/t19?,20-,21+,22-,23-/m1/s1. The minimum atomic E-state index is -1.72. The Morgan fingerprint density at radius 3 is 2.32 bits per heavy atom. The monoisotopic (exact) mass is 526 g/mol. The van der Waals surface area contributed by atoms with Crippen LogP contribution in [0.25, 0.3) is 0 Å². The van der Waals surface area contributed by atoms with Gasteiger partial charge in [-0.2, -0.15) is 0 Å². The summed E-state index contributed by atoms with van der Waals surface area (Å²) in [6.45, 7) is 6.58. The van der Waals surface area contributed by atoms with Crippen molar-refractivity contribution in [3.05, 3.63) is 12.2 Å². The van der Waals surface area contributed by atoms with E-state index in [1.165, 1.54) is 13.2 Å². The molecule has 0 radical (unpaired) electrons. The van der Waals surface area contributed by atoms with Gasteiger partial charge in [0.15, 0.2) is 6.10 Å². The van der Waals surface area contributed by atoms with E-state index in [9.17, 15) is 29.7 Å². The van der Waals surface area contributed by atoms with E-state index in [1.54, 1.807) is 11.0 Å². The molecule has 1 aliphatic heterocycles. The maximum atomic E-state index is 13.1. The number of nitrogens with zero attached hydrogens (tertiary/aromatic N) is 1. The fourth-order valence-electron chi connectivity index (χ4n) is 4.71. The van der Waals surface area contributed by atoms with Crippen molar-refractivity contribution in [2.75, 3.05) is 26.8 Å². The van der Waals surface area contributed by atoms with Gasteiger partial charge in [0.25, 0.3) is 5.91 Å². The van der Waals surface area contributed by atoms with Gasteiger partial charge in [-0.05, 0) is 37.5 Å². The van der Waals surface area contributed by atoms with Crippen molar-refractivity contribution in [3.63, 3.8) is 0 Å². The molecule has 2 amide bonds. The first kappa shape index (κ1) is 31.2. The molecule has 0 spiro atoms. The van der Waals surface area contributed by atoms with Crippen LogP contribution in [0.4, 0.5) is 0 Å². The summed E-state index contributed by atoms with van der Waals surface area (Å²) in [6.07, 6.45) is 3.54. The molecule has 2 fully saturated rings. The molecule has 1 aliphatic carbocycles. The normalized spacial score (nSPS) is 23.3. The zero-order valence-electron chi connectivity index (χ0n) is 22.7. The summed E-state index contributed by atoms with van der Waals surface area (Å²) in [5, 5.41) is 33.8. The number of aliphatic hydroxyl groups excluding tert-OH is 3. The predicted octanol–water partition coefficient (Wildman–Crippen LogP) is 1.31. The first-order valence-corrected chi connectivity index (χ1v) is 13.5. The van der Waals surface area contributed by atoms with E-state index in [0.29, 0.717) is 19.4 Å². The number of carbonyl (C=O) groups excluding carboxylic acids is 3. The number of hydrogen-bond donors (Lipinski definition) is 4. The molecular weight excluding hydrogens is 480 g/mol. The highest BCUT2D eigenvalue weighted by Gasteiger charge is 2.38. The quantitative estimate of drug-likeness (QED) is 0.233. The summed E-state index contributed by atoms with van der Waals surface area (Å²) in [5.74, 6) is -1.32. The third kappa shape index (κ3) is 10.00. The zero-order valence-corrected chi connectivity index (χ0v) is 22.7. The number of methoxy groups -OCH3 is 1. The molecule has 2 aliphatic rings. The highest BCUT2D eigenvalue weighted by molar-refractivity contribution is 5.90. The number of nitrogens with one attached hydrogen (secondary N) is 1. The van der Waals surface area contributed by atoms with Crippen molar-refractivity contribution in [2.45, 2.75) is 103 Å². The Bertz CT molecular complexity index is 775. The second-order valence-electron chi connectivity index (χ2n) is 11.2. The molecule has 37 heavy (non-hydrogen) atoms. The molecule has 0 aromatic heterocycles. The van der Waals surface area contributed by atoms with Crippen molar-refractivity contribution in [2.24, 2.45) is 11.3 Å². The van der Waals surface area contributed by atoms with E-state index in [1.807, 2.05) is 20.8 Å². The highest BCUT2D eigenvalue weighted by Crippen LogP contribution is 2.24. The number of likely N-dealkylation sites (tertiary alicyclic amines) is 1. The smallest absolute Gasteiger partial charge is 0.308 e. The Morgan fingerprint density at radius 2 is 1.70 bits per heavy atom. The lowest BCUT2D eigenvalue weighted by Crippen LogP contribution is -2.56. The molecule has 0 bridgehead atoms. The molecule has 0 aromatic carbocycles. The Hall–Kier alpha value is -2.01. The average Bonchev–Trinajstić information content (AvgIpc) is 3.03. The topological polar surface area (TPSA) is 146 Å². The van der Waals surface area contributed by atoms with Crippen LogP contribution in [0, 0.1) is 11.3 Å². The maximum absolute atomic E-state index is 13.1. The molecule has 1 heterocycles. The summed E-state index contributed by atoms with van der Waals surface area (Å²) in [6, 6.07) is -0.836. The van der Waals surface area contributed by atoms with Gasteiger partial charge in [-0.15, -0.1) is 0 Å². The number of esters is 1. The third-order valence-electron chi connectivity index (χ3n) is 6.96. The van der Waals surface area contributed by atoms with Crippen LogP contribution < -0.4 is 5.32 Å². The summed E-state index contributed by atoms with van der Waals surface area (Å²) >= 11 is 0. The van der Waals surface area contributed by atoms with Crippen LogP contribution in [0.2, 0.25) is 0 Å². The number of aliphatic hydroxyl groups is 3. The van der Waals surface area contributed by atoms with Crippen molar-refractivity contribution in [1.82, 2.24) is 10.2 Å². The summed E-state index contributed by atoms with van der Waals surface area (Å²) < 4.78 is 10.6. The number of carbonyl (C=O) groups is 3. The Balaban J connectivity index is 1.93. The van der Waals surface area contributed by atoms with Crippen LogP contribution in [0.1, 0.15) is 72.1 Å². The first-order valence-electron chi connectivity index (χ1n) is 13.5. The van der Waals surface area contributed by atoms with E-state index < -0.39 is 36.4 Å². The first-order chi connectivity index (χ1) is 17.4. The SMILES string of the molecule is CO[C@@H](C(=O)NC1CCCCN(CCOC(=O)C2CCCCC2)C1=O)[C@H](O)[C@@H](O)[C@H](O)/C=C/C(C)(C)C. The van der Waals surface area contributed by atoms with Crippen LogP contribution in [-0.4, -0.2) is 95.3 Å². The van der Waals surface area contributed by atoms with Gasteiger partial charge >= 0.3 is 5.97 Å². The molecule has 1 unspecified atom stereocenters. The van der Waals surface area contributed by atoms with Gasteiger partial charge in [0.05, 0.1) is 12.5 Å². The van der Waals surface area contributed by atoms with Crippen LogP contribution >= 0.6 is 0 Å². The second-order valence-corrected chi connectivity index (χ2v) is 11.2. The molecule has 1 saturated heterocycles. The summed E-state index contributed by atoms with van der Waals surface area (Å²) in [4.78, 5) is 39.9. The maximum Gasteiger partial charge on any atom is 0.308 e. The molecule has 4 N–H and O–H groups in total. The van der Waals surface area contributed by atoms with Crippen molar-refractivity contribution >= 4 is 17.8 Å². The number of hydrogen-bond acceptors (Lipinski definition) is 8. The number of rotatable bonds is 11. The molecule has 10 heteroatoms. The van der Waals surface area contributed by atoms with E-state index in [2.05, 4.69) is 5.32 Å². The molecule has 1 saturated carbocycles. The second kappa shape index (κ2) is 14.8. The summed E-state index contributed by atoms with van der Waals surface area (Å²) in [5.41, 5.74) is -0.246. The highest BCUT2D eigenvalue weighted by atomic mass is 16.5. The van der Waals surface area contributed by atoms with Crippen molar-refractivity contribution in [1.29, 1.82) is 0 Å². The molecule has 212 valence electrons. The fourth-order valence-corrected chi connectivity index (χ4v) is 4.71. The lowest BCUT2D eigenvalue weighted by molar-refractivity contribution is -0.152. The molecular formula is C27H46N2O8. The molecule has 10 nitrogen and oxygen atoms in total. The van der Waals surface area contributed by atoms with Crippen LogP contribution in [-0.2, 0) is 23.9 Å². The lowest BCUT2D eigenvalue weighted by atomic mass is 9.89. The van der Waals surface area contributed by atoms with Gasteiger partial charge in [0.1, 0.15) is 31.0 Å². The Labute approximate surface area is 220 Å². The van der Waals surface area contributed by atoms with Crippen LogP contribution in [0.3, 0.4) is 0 Å². The number of ether oxygens (including phenoxy) is 2. The van der Waals surface area contributed by atoms with E-state index in [0.717, 1.165) is 38.5 Å². The molecule has 0 aromatic rings. The average molecular weight is 527 g/mol. The zero-order chi connectivity index (χ0) is 27.6. The van der Waals surface area contributed by atoms with Gasteiger partial charge in [0, 0.05) is 13.7 Å². The van der Waals surface area contributed by atoms with Gasteiger partial charge < -0.3 is 35.0 Å². The van der Waals surface area contributed by atoms with E-state index in [4.69, 9.17) is 9.47 Å². The summed E-state index contributed by atoms with van der Waals surface area (Å²) in [7, 11) is 1.21. The molecule has 5 atom stereocenters. The third-order valence-corrected chi connectivity index (χ3v) is 6.96. The van der Waals surface area contributed by atoms with Gasteiger partial charge in [0.2, 0.25) is 5.91 Å². The van der Waals surface area contributed by atoms with E-state index >= 15 is 0 Å². The van der Waals surface area contributed by atoms with E-state index in [-0.39, 0.29) is 36.4 Å². The fraction of sp³-hybridized carbons (Fsp3) is 0.815. The Morgan fingerprint density at radius 1 is 1.05 bits per heavy atom. The van der Waals surface area contributed by atoms with Gasteiger partial charge in [-0.1, -0.05) is 52.2 Å². The van der Waals surface area contributed by atoms with Crippen molar-refractivity contribution < 1.29 is 39.2 Å². The van der Waals surface area contributed by atoms with Crippen LogP contribution in [0.5, 0.6) is 0 Å². The minimum absolute atomic E-state index is 0.0594. The lowest BCUT2D eigenvalue weighted by Gasteiger charge is -2.29. The predicted molar refractivity (Wildman–Crippen MR) is 137 cm³/mol. The number of amides is 2. The number of allylic oxidation sites excluding steroid dienone is 1. The largest absolute Gasteiger partial charge is 0.464 e. The minimum Gasteiger partial charge on any atom is -0.464 e.